The molecule has 0 amide bonds. The van der Waals surface area contributed by atoms with Crippen LogP contribution in [-0.4, -0.2) is 3.21 Å². The number of fused-ring (bicyclic) bond motifs is 8. The largest absolute Gasteiger partial charge is 1.00 e. The van der Waals surface area contributed by atoms with Crippen LogP contribution < -0.4 is 24.8 Å². The van der Waals surface area contributed by atoms with E-state index in [0.29, 0.717) is 3.63 Å². The maximum Gasteiger partial charge on any atom is -1.00 e. The molecule has 3 heteroatoms. The Hall–Kier alpha value is -3.35. The zero-order valence-corrected chi connectivity index (χ0v) is 33.1. The van der Waals surface area contributed by atoms with Gasteiger partial charge in [-0.05, 0) is 0 Å². The van der Waals surface area contributed by atoms with Gasteiger partial charge in [0, 0.05) is 0 Å². The maximum atomic E-state index is 2.54. The van der Waals surface area contributed by atoms with Gasteiger partial charge in [0.1, 0.15) is 0 Å². The normalized spacial score (nSPS) is 14.8. The molecule has 6 aromatic carbocycles. The smallest absolute Gasteiger partial charge is 1.00 e. The zero-order valence-electron chi connectivity index (χ0n) is 29.2. The van der Waals surface area contributed by atoms with Gasteiger partial charge in [-0.2, -0.15) is 0 Å². The third-order valence-electron chi connectivity index (χ3n) is 10.4. The Morgan fingerprint density at radius 3 is 1.65 bits per heavy atom. The molecule has 49 heavy (non-hydrogen) atoms. The van der Waals surface area contributed by atoms with Crippen molar-refractivity contribution in [2.75, 3.05) is 0 Å². The van der Waals surface area contributed by atoms with Gasteiger partial charge in [0.2, 0.25) is 0 Å². The molecule has 6 aromatic rings. The fourth-order valence-electron chi connectivity index (χ4n) is 8.56. The molecule has 0 nitrogen and oxygen atoms in total. The molecule has 2 aliphatic carbocycles. The molecule has 0 N–H and O–H groups in total. The summed E-state index contributed by atoms with van der Waals surface area (Å²) in [6, 6.07) is 46.7. The summed E-state index contributed by atoms with van der Waals surface area (Å²) >= 11 is -2.96. The SMILES string of the molecule is CC1=CC[C]([Zr+2](=[C](c2ccc(C)cc2)c2ccc(C)cc2)[CH]2c3ccccc3-c3c2c2ccccc2c2ccccc32)=C1C(C)(C)C.[Cl-].[Cl-]. The van der Waals surface area contributed by atoms with E-state index in [1.165, 1.54) is 66.1 Å². The minimum absolute atomic E-state index is 0. The molecule has 0 aliphatic heterocycles. The molecular weight excluding hydrogens is 715 g/mol. The third-order valence-corrected chi connectivity index (χ3v) is 18.8. The molecule has 0 saturated carbocycles. The molecule has 1 unspecified atom stereocenters. The van der Waals surface area contributed by atoms with Crippen molar-refractivity contribution in [3.8, 4) is 11.1 Å². The van der Waals surface area contributed by atoms with Gasteiger partial charge in [0.25, 0.3) is 0 Å². The van der Waals surface area contributed by atoms with E-state index < -0.39 is 21.3 Å². The van der Waals surface area contributed by atoms with Crippen LogP contribution in [-0.2, 0) is 21.3 Å². The van der Waals surface area contributed by atoms with Crippen molar-refractivity contribution in [2.45, 2.75) is 51.6 Å². The van der Waals surface area contributed by atoms with Crippen molar-refractivity contribution in [3.05, 3.63) is 175 Å². The summed E-state index contributed by atoms with van der Waals surface area (Å²) in [6.45, 7) is 14.1. The van der Waals surface area contributed by atoms with Crippen LogP contribution in [0.5, 0.6) is 0 Å². The Labute approximate surface area is 312 Å². The van der Waals surface area contributed by atoms with E-state index in [9.17, 15) is 0 Å². The predicted octanol–water partition coefficient (Wildman–Crippen LogP) is 6.23. The minimum Gasteiger partial charge on any atom is -1.00 e. The van der Waals surface area contributed by atoms with E-state index in [2.05, 4.69) is 169 Å². The van der Waals surface area contributed by atoms with Crippen LogP contribution in [0.1, 0.15) is 71.1 Å². The number of aryl methyl sites for hydroxylation is 2. The van der Waals surface area contributed by atoms with E-state index in [1.807, 2.05) is 0 Å². The van der Waals surface area contributed by atoms with Crippen LogP contribution in [0.25, 0.3) is 32.7 Å². The van der Waals surface area contributed by atoms with Crippen LogP contribution in [0.15, 0.2) is 142 Å². The number of rotatable bonds is 4. The summed E-state index contributed by atoms with van der Waals surface area (Å²) in [5.41, 5.74) is 14.6. The van der Waals surface area contributed by atoms with E-state index >= 15 is 0 Å². The van der Waals surface area contributed by atoms with Crippen molar-refractivity contribution in [1.82, 2.24) is 0 Å². The molecule has 0 radical (unpaired) electrons. The molecule has 244 valence electrons. The van der Waals surface area contributed by atoms with Gasteiger partial charge in [-0.15, -0.1) is 0 Å². The van der Waals surface area contributed by atoms with Crippen molar-refractivity contribution in [3.63, 3.8) is 0 Å². The number of benzene rings is 6. The van der Waals surface area contributed by atoms with Gasteiger partial charge >= 0.3 is 289 Å². The summed E-state index contributed by atoms with van der Waals surface area (Å²) in [5, 5.41) is 5.54. The number of halogens is 2. The van der Waals surface area contributed by atoms with Gasteiger partial charge in [-0.3, -0.25) is 0 Å². The first-order chi connectivity index (χ1) is 22.7. The minimum atomic E-state index is -2.96. The Morgan fingerprint density at radius 2 is 1.08 bits per heavy atom. The summed E-state index contributed by atoms with van der Waals surface area (Å²) in [7, 11) is 0. The molecule has 8 rings (SSSR count). The Balaban J connectivity index is 0.00000208. The van der Waals surface area contributed by atoms with E-state index in [4.69, 9.17) is 0 Å². The summed E-state index contributed by atoms with van der Waals surface area (Å²) < 4.78 is 3.73. The standard InChI is InChI=1S/C21H13.C15H14.C10H15.2ClH.Zr/c1-2-8-15-14(7-1)13-20-18-11-4-3-9-16(18)17-10-5-6-12-19(17)21(15)20;1-12-3-7-14(8-4-12)11-15-9-5-13(2)6-10-15;1-8-6-5-7-9(8)10(2,3)4;;;/h1-13H;3-10H,1-2H3;6H,5H2,1-4H3;2*1H;/q;;;;;+2/p-2. The molecule has 1 atom stereocenters. The van der Waals surface area contributed by atoms with Crippen LogP contribution >= 0.6 is 0 Å². The number of allylic oxidation sites excluding steroid dienone is 4. The van der Waals surface area contributed by atoms with Crippen molar-refractivity contribution in [1.29, 1.82) is 0 Å². The van der Waals surface area contributed by atoms with E-state index in [-0.39, 0.29) is 30.2 Å². The second-order valence-corrected chi connectivity index (χ2v) is 20.8. The monoisotopic (exact) mass is 754 g/mol. The Bertz CT molecular complexity index is 2270. The fourth-order valence-corrected chi connectivity index (χ4v) is 18.9. The van der Waals surface area contributed by atoms with Crippen molar-refractivity contribution < 1.29 is 46.1 Å². The van der Waals surface area contributed by atoms with Crippen molar-refractivity contribution >= 4 is 24.8 Å². The fraction of sp³-hybridized carbons (Fsp3) is 0.196. The third kappa shape index (κ3) is 5.97. The van der Waals surface area contributed by atoms with Gasteiger partial charge in [0.15, 0.2) is 0 Å². The van der Waals surface area contributed by atoms with Gasteiger partial charge < -0.3 is 24.8 Å². The second kappa shape index (κ2) is 13.8. The Kier molecular flexibility index (Phi) is 9.96. The first-order valence-corrected chi connectivity index (χ1v) is 20.9. The Morgan fingerprint density at radius 1 is 0.592 bits per heavy atom. The van der Waals surface area contributed by atoms with E-state index in [1.54, 1.807) is 17.6 Å². The summed E-state index contributed by atoms with van der Waals surface area (Å²) in [4.78, 5) is 0. The maximum absolute atomic E-state index is 2.96. The average Bonchev–Trinajstić information content (AvgIpc) is 3.63. The number of hydrogen-bond acceptors (Lipinski definition) is 0. The first-order valence-electron chi connectivity index (χ1n) is 17.0. The van der Waals surface area contributed by atoms with Crippen LogP contribution in [0.2, 0.25) is 0 Å². The molecule has 0 aromatic heterocycles. The van der Waals surface area contributed by atoms with Gasteiger partial charge in [0.05, 0.1) is 0 Å². The molecule has 2 aliphatic rings. The van der Waals surface area contributed by atoms with Crippen LogP contribution in [0.3, 0.4) is 0 Å². The first kappa shape index (κ1) is 35.5. The summed E-state index contributed by atoms with van der Waals surface area (Å²) in [6.07, 6.45) is 3.60. The zero-order chi connectivity index (χ0) is 32.4. The topological polar surface area (TPSA) is 0 Å². The van der Waals surface area contributed by atoms with Gasteiger partial charge in [-0.25, -0.2) is 0 Å². The molecule has 0 bridgehead atoms. The van der Waals surface area contributed by atoms with Crippen LogP contribution in [0.4, 0.5) is 0 Å². The quantitative estimate of drug-likeness (QED) is 0.188. The second-order valence-electron chi connectivity index (χ2n) is 14.6. The van der Waals surface area contributed by atoms with E-state index in [0.717, 1.165) is 6.42 Å². The predicted molar refractivity (Wildman–Crippen MR) is 199 cm³/mol. The average molecular weight is 757 g/mol. The van der Waals surface area contributed by atoms with Gasteiger partial charge in [-0.1, -0.05) is 0 Å². The number of hydrogen-bond donors (Lipinski definition) is 0. The molecule has 0 fully saturated rings. The molecule has 0 heterocycles. The molecule has 0 spiro atoms. The summed E-state index contributed by atoms with van der Waals surface area (Å²) in [5.74, 6) is 0. The molecule has 0 saturated heterocycles. The van der Waals surface area contributed by atoms with Crippen LogP contribution in [0, 0.1) is 19.3 Å². The molecular formula is C46H42Cl2Zr. The van der Waals surface area contributed by atoms with Crippen molar-refractivity contribution in [2.24, 2.45) is 5.41 Å².